The molecular formula is C23H27ClN2. The average molecular weight is 367 g/mol. The zero-order valence-electron chi connectivity index (χ0n) is 16.1. The maximum absolute atomic E-state index is 6.54. The molecule has 1 N–H and O–H groups in total. The van der Waals surface area contributed by atoms with Crippen LogP contribution in [0.3, 0.4) is 0 Å². The number of halogens is 1. The van der Waals surface area contributed by atoms with Crippen LogP contribution in [0, 0.1) is 6.92 Å². The zero-order chi connectivity index (χ0) is 18.7. The summed E-state index contributed by atoms with van der Waals surface area (Å²) >= 11 is 6.54. The zero-order valence-corrected chi connectivity index (χ0v) is 16.8. The fourth-order valence-corrected chi connectivity index (χ4v) is 3.52. The Bertz CT molecular complexity index is 933. The van der Waals surface area contributed by atoms with E-state index in [1.807, 2.05) is 0 Å². The van der Waals surface area contributed by atoms with Crippen molar-refractivity contribution in [3.8, 4) is 0 Å². The van der Waals surface area contributed by atoms with Crippen LogP contribution < -0.4 is 5.32 Å². The summed E-state index contributed by atoms with van der Waals surface area (Å²) in [7, 11) is 2.10. The molecule has 0 aliphatic rings. The minimum atomic E-state index is 0.810. The van der Waals surface area contributed by atoms with Gasteiger partial charge in [-0.05, 0) is 48.6 Å². The van der Waals surface area contributed by atoms with E-state index in [2.05, 4.69) is 86.2 Å². The third kappa shape index (κ3) is 3.66. The van der Waals surface area contributed by atoms with Gasteiger partial charge in [0.25, 0.3) is 0 Å². The number of hydrogen-bond acceptors (Lipinski definition) is 1. The van der Waals surface area contributed by atoms with E-state index in [9.17, 15) is 0 Å². The summed E-state index contributed by atoms with van der Waals surface area (Å²) in [4.78, 5) is 0. The molecule has 0 bridgehead atoms. The van der Waals surface area contributed by atoms with Crippen LogP contribution in [0.1, 0.15) is 42.7 Å². The molecular weight excluding hydrogens is 340 g/mol. The second-order valence-corrected chi connectivity index (χ2v) is 7.15. The largest absolute Gasteiger partial charge is 0.380 e. The molecule has 136 valence electrons. The number of aromatic nitrogens is 1. The topological polar surface area (TPSA) is 17.0 Å². The number of fused-ring (bicyclic) bond motifs is 1. The highest BCUT2D eigenvalue weighted by Gasteiger charge is 2.13. The van der Waals surface area contributed by atoms with Gasteiger partial charge in [0, 0.05) is 24.5 Å². The van der Waals surface area contributed by atoms with Gasteiger partial charge in [-0.2, -0.15) is 0 Å². The van der Waals surface area contributed by atoms with E-state index in [0.717, 1.165) is 46.6 Å². The second-order valence-electron chi connectivity index (χ2n) is 6.77. The van der Waals surface area contributed by atoms with Gasteiger partial charge in [-0.15, -0.1) is 0 Å². The van der Waals surface area contributed by atoms with Crippen LogP contribution in [0.15, 0.2) is 48.5 Å². The molecule has 1 aromatic heterocycles. The summed E-state index contributed by atoms with van der Waals surface area (Å²) in [5, 5.41) is 5.58. The van der Waals surface area contributed by atoms with E-state index in [0.29, 0.717) is 0 Å². The summed E-state index contributed by atoms with van der Waals surface area (Å²) in [5.41, 5.74) is 7.25. The first kappa shape index (κ1) is 18.6. The fourth-order valence-electron chi connectivity index (χ4n) is 3.30. The molecule has 0 amide bonds. The van der Waals surface area contributed by atoms with Crippen LogP contribution in [0.25, 0.3) is 16.6 Å². The van der Waals surface area contributed by atoms with Gasteiger partial charge in [-0.3, -0.25) is 0 Å². The molecule has 0 atom stereocenters. The maximum atomic E-state index is 6.54. The first-order valence-electron chi connectivity index (χ1n) is 9.31. The maximum Gasteiger partial charge on any atom is 0.0648 e. The van der Waals surface area contributed by atoms with E-state index in [1.165, 1.54) is 16.8 Å². The minimum Gasteiger partial charge on any atom is -0.380 e. The summed E-state index contributed by atoms with van der Waals surface area (Å²) < 4.78 is 2.22. The number of aryl methyl sites for hydroxylation is 3. The van der Waals surface area contributed by atoms with Crippen LogP contribution in [-0.4, -0.2) is 4.57 Å². The lowest BCUT2D eigenvalue weighted by molar-refractivity contribution is 0.851. The van der Waals surface area contributed by atoms with Gasteiger partial charge < -0.3 is 9.88 Å². The van der Waals surface area contributed by atoms with Crippen LogP contribution >= 0.6 is 11.6 Å². The van der Waals surface area contributed by atoms with Gasteiger partial charge >= 0.3 is 0 Å². The minimum absolute atomic E-state index is 0.810. The predicted molar refractivity (Wildman–Crippen MR) is 114 cm³/mol. The summed E-state index contributed by atoms with van der Waals surface area (Å²) in [5.74, 6) is 0. The number of rotatable bonds is 6. The van der Waals surface area contributed by atoms with Crippen LogP contribution in [-0.2, 0) is 20.0 Å². The Kier molecular flexibility index (Phi) is 5.73. The molecule has 3 aromatic rings. The average Bonchev–Trinajstić information content (AvgIpc) is 2.99. The third-order valence-corrected chi connectivity index (χ3v) is 5.45. The Morgan fingerprint density at radius 1 is 1.08 bits per heavy atom. The molecule has 3 heteroatoms. The Morgan fingerprint density at radius 2 is 1.77 bits per heavy atom. The van der Waals surface area contributed by atoms with Crippen molar-refractivity contribution in [2.75, 3.05) is 0 Å². The van der Waals surface area contributed by atoms with Gasteiger partial charge in [-0.1, -0.05) is 61.9 Å². The molecule has 0 saturated heterocycles. The molecule has 2 nitrogen and oxygen atoms in total. The molecule has 0 aliphatic heterocycles. The van der Waals surface area contributed by atoms with Crippen LogP contribution in [0.2, 0.25) is 5.02 Å². The van der Waals surface area contributed by atoms with Crippen LogP contribution in [0.4, 0.5) is 0 Å². The number of hydrogen-bond donors (Lipinski definition) is 1. The highest BCUT2D eigenvalue weighted by Crippen LogP contribution is 2.31. The van der Waals surface area contributed by atoms with E-state index < -0.39 is 0 Å². The van der Waals surface area contributed by atoms with Gasteiger partial charge in [-0.25, -0.2) is 0 Å². The Labute approximate surface area is 161 Å². The second kappa shape index (κ2) is 8.01. The van der Waals surface area contributed by atoms with Crippen molar-refractivity contribution in [3.05, 3.63) is 75.9 Å². The van der Waals surface area contributed by atoms with Crippen LogP contribution in [0.5, 0.6) is 0 Å². The lowest BCUT2D eigenvalue weighted by Gasteiger charge is -2.13. The highest BCUT2D eigenvalue weighted by atomic mass is 35.5. The van der Waals surface area contributed by atoms with Crippen molar-refractivity contribution in [1.82, 2.24) is 9.88 Å². The number of allylic oxidation sites excluding steroid dienone is 1. The van der Waals surface area contributed by atoms with Gasteiger partial charge in [0.15, 0.2) is 0 Å². The summed E-state index contributed by atoms with van der Waals surface area (Å²) in [6, 6.07) is 15.3. The quantitative estimate of drug-likeness (QED) is 0.546. The number of nitrogens with one attached hydrogen (secondary N) is 1. The highest BCUT2D eigenvalue weighted by molar-refractivity contribution is 6.36. The molecule has 1 heterocycles. The van der Waals surface area contributed by atoms with Crippen molar-refractivity contribution in [2.45, 2.75) is 40.2 Å². The predicted octanol–water partition coefficient (Wildman–Crippen LogP) is 6.24. The van der Waals surface area contributed by atoms with Crippen molar-refractivity contribution < 1.29 is 0 Å². The third-order valence-electron chi connectivity index (χ3n) is 4.95. The molecule has 0 spiro atoms. The first-order chi connectivity index (χ1) is 12.5. The summed E-state index contributed by atoms with van der Waals surface area (Å²) in [6.45, 7) is 7.21. The standard InChI is InChI=1S/C23H27ClN2/c1-5-7-20(25-15-18-11-9-17(6-2)10-12-18)22-14-19-21(26(22)4)13-8-16(3)23(19)24/h7-14,25H,5-6,15H2,1-4H3/b20-7+. The molecule has 2 aromatic carbocycles. The molecule has 0 fully saturated rings. The fraction of sp³-hybridized carbons (Fsp3) is 0.304. The van der Waals surface area contributed by atoms with E-state index in [-0.39, 0.29) is 0 Å². The number of benzene rings is 2. The summed E-state index contributed by atoms with van der Waals surface area (Å²) in [6.07, 6.45) is 4.30. The Morgan fingerprint density at radius 3 is 2.42 bits per heavy atom. The first-order valence-corrected chi connectivity index (χ1v) is 9.69. The molecule has 0 aliphatic carbocycles. The number of nitrogens with zero attached hydrogens (tertiary/aromatic N) is 1. The molecule has 26 heavy (non-hydrogen) atoms. The van der Waals surface area contributed by atoms with Gasteiger partial charge in [0.1, 0.15) is 0 Å². The van der Waals surface area contributed by atoms with Crippen molar-refractivity contribution in [2.24, 2.45) is 7.05 Å². The monoisotopic (exact) mass is 366 g/mol. The SMILES string of the molecule is CC/C=C(/NCc1ccc(CC)cc1)c1cc2c(Cl)c(C)ccc2n1C. The molecule has 0 radical (unpaired) electrons. The normalized spacial score (nSPS) is 12.0. The van der Waals surface area contributed by atoms with Crippen molar-refractivity contribution in [1.29, 1.82) is 0 Å². The van der Waals surface area contributed by atoms with E-state index >= 15 is 0 Å². The lowest BCUT2D eigenvalue weighted by Crippen LogP contribution is -2.14. The van der Waals surface area contributed by atoms with Gasteiger partial charge in [0.2, 0.25) is 0 Å². The van der Waals surface area contributed by atoms with Gasteiger partial charge in [0.05, 0.1) is 16.4 Å². The molecule has 0 unspecified atom stereocenters. The Hall–Kier alpha value is -2.19. The van der Waals surface area contributed by atoms with Crippen molar-refractivity contribution >= 4 is 28.2 Å². The van der Waals surface area contributed by atoms with E-state index in [1.54, 1.807) is 0 Å². The molecule has 3 rings (SSSR count). The molecule has 0 saturated carbocycles. The smallest absolute Gasteiger partial charge is 0.0648 e. The Balaban J connectivity index is 1.90. The van der Waals surface area contributed by atoms with E-state index in [4.69, 9.17) is 11.6 Å². The lowest BCUT2D eigenvalue weighted by atomic mass is 10.1. The van der Waals surface area contributed by atoms with Crippen molar-refractivity contribution in [3.63, 3.8) is 0 Å².